The quantitative estimate of drug-likeness (QED) is 0.642. The van der Waals surface area contributed by atoms with E-state index in [9.17, 15) is 9.59 Å². The van der Waals surface area contributed by atoms with E-state index in [0.29, 0.717) is 5.69 Å². The Balaban J connectivity index is 2.60. The van der Waals surface area contributed by atoms with Crippen LogP contribution in [-0.2, 0) is 9.53 Å². The lowest BCUT2D eigenvalue weighted by molar-refractivity contribution is -0.142. The van der Waals surface area contributed by atoms with Gasteiger partial charge in [0.1, 0.15) is 11.7 Å². The van der Waals surface area contributed by atoms with Gasteiger partial charge >= 0.3 is 5.97 Å². The number of ether oxygens (including phenoxy) is 1. The summed E-state index contributed by atoms with van der Waals surface area (Å²) in [6.45, 7) is 1.57. The summed E-state index contributed by atoms with van der Waals surface area (Å²) in [6.07, 6.45) is 1.71. The average molecular weight is 322 g/mol. The summed E-state index contributed by atoms with van der Waals surface area (Å²) in [6, 6.07) is 1.04. The minimum Gasteiger partial charge on any atom is -0.467 e. The highest BCUT2D eigenvalue weighted by Crippen LogP contribution is 2.06. The largest absolute Gasteiger partial charge is 0.467 e. The number of carbonyl (C=O) groups excluding carboxylic acids is 2. The van der Waals surface area contributed by atoms with Crippen LogP contribution < -0.4 is 5.32 Å². The predicted octanol–water partition coefficient (Wildman–Crippen LogP) is 0.911. The topological polar surface area (TPSA) is 71.2 Å². The maximum atomic E-state index is 11.5. The van der Waals surface area contributed by atoms with Gasteiger partial charge in [-0.05, 0) is 35.6 Å². The second-order valence-electron chi connectivity index (χ2n) is 2.95. The number of rotatable bonds is 3. The Kier molecular flexibility index (Phi) is 4.13. The highest BCUT2D eigenvalue weighted by atomic mass is 127. The van der Waals surface area contributed by atoms with Crippen LogP contribution in [0.15, 0.2) is 12.3 Å². The van der Waals surface area contributed by atoms with E-state index in [1.807, 2.05) is 0 Å². The highest BCUT2D eigenvalue weighted by molar-refractivity contribution is 14.1. The fraction of sp³-hybridized carbons (Fsp3) is 0.333. The molecule has 0 spiro atoms. The van der Waals surface area contributed by atoms with E-state index in [1.54, 1.807) is 19.2 Å². The Morgan fingerprint density at radius 1 is 1.60 bits per heavy atom. The van der Waals surface area contributed by atoms with E-state index < -0.39 is 12.0 Å². The van der Waals surface area contributed by atoms with Gasteiger partial charge in [-0.2, -0.15) is 0 Å². The molecule has 0 bridgehead atoms. The standard InChI is InChI=1S/C9H11IN2O3/c1-5(9(14)15-2)12-8(13)7-3-6(10)4-11-7/h3-5,11H,1-2H3,(H,12,13). The third-order valence-electron chi connectivity index (χ3n) is 1.79. The molecule has 0 fully saturated rings. The van der Waals surface area contributed by atoms with Crippen molar-refractivity contribution in [1.82, 2.24) is 10.3 Å². The number of methoxy groups -OCH3 is 1. The van der Waals surface area contributed by atoms with Gasteiger partial charge in [-0.1, -0.05) is 0 Å². The van der Waals surface area contributed by atoms with Crippen LogP contribution in [0, 0.1) is 3.57 Å². The zero-order chi connectivity index (χ0) is 11.4. The molecule has 0 saturated heterocycles. The van der Waals surface area contributed by atoms with Crippen molar-refractivity contribution in [3.63, 3.8) is 0 Å². The van der Waals surface area contributed by atoms with Gasteiger partial charge in [-0.3, -0.25) is 4.79 Å². The molecule has 1 amide bonds. The van der Waals surface area contributed by atoms with Gasteiger partial charge in [0.05, 0.1) is 7.11 Å². The maximum Gasteiger partial charge on any atom is 0.328 e. The van der Waals surface area contributed by atoms with Crippen LogP contribution in [0.1, 0.15) is 17.4 Å². The molecule has 0 radical (unpaired) electrons. The van der Waals surface area contributed by atoms with Gasteiger partial charge < -0.3 is 15.0 Å². The number of nitrogens with one attached hydrogen (secondary N) is 2. The van der Waals surface area contributed by atoms with Crippen LogP contribution in [0.25, 0.3) is 0 Å². The summed E-state index contributed by atoms with van der Waals surface area (Å²) in [7, 11) is 1.28. The minimum absolute atomic E-state index is 0.323. The normalized spacial score (nSPS) is 11.9. The molecule has 0 aliphatic heterocycles. The van der Waals surface area contributed by atoms with Crippen LogP contribution in [0.2, 0.25) is 0 Å². The Hall–Kier alpha value is -1.05. The molecule has 6 heteroatoms. The molecule has 1 unspecified atom stereocenters. The Labute approximate surface area is 101 Å². The van der Waals surface area contributed by atoms with Gasteiger partial charge in [-0.25, -0.2) is 4.79 Å². The van der Waals surface area contributed by atoms with Gasteiger partial charge in [0.25, 0.3) is 5.91 Å². The van der Waals surface area contributed by atoms with Crippen molar-refractivity contribution in [2.45, 2.75) is 13.0 Å². The molecule has 15 heavy (non-hydrogen) atoms. The smallest absolute Gasteiger partial charge is 0.328 e. The molecule has 82 valence electrons. The summed E-state index contributed by atoms with van der Waals surface area (Å²) in [5.41, 5.74) is 0.426. The van der Waals surface area contributed by atoms with Crippen LogP contribution in [-0.4, -0.2) is 30.0 Å². The molecule has 1 aromatic rings. The van der Waals surface area contributed by atoms with Crippen LogP contribution in [0.4, 0.5) is 0 Å². The average Bonchev–Trinajstić information content (AvgIpc) is 2.63. The van der Waals surface area contributed by atoms with Crippen LogP contribution >= 0.6 is 22.6 Å². The zero-order valence-corrected chi connectivity index (χ0v) is 10.5. The van der Waals surface area contributed by atoms with Crippen molar-refractivity contribution in [3.05, 3.63) is 21.5 Å². The number of H-pyrrole nitrogens is 1. The molecule has 1 heterocycles. The van der Waals surface area contributed by atoms with Gasteiger partial charge in [0.2, 0.25) is 0 Å². The van der Waals surface area contributed by atoms with E-state index in [1.165, 1.54) is 7.11 Å². The van der Waals surface area contributed by atoms with Crippen LogP contribution in [0.5, 0.6) is 0 Å². The van der Waals surface area contributed by atoms with Gasteiger partial charge in [-0.15, -0.1) is 0 Å². The third kappa shape index (κ3) is 3.22. The zero-order valence-electron chi connectivity index (χ0n) is 8.33. The molecule has 0 aromatic carbocycles. The first-order valence-electron chi connectivity index (χ1n) is 4.27. The van der Waals surface area contributed by atoms with Crippen molar-refractivity contribution in [3.8, 4) is 0 Å². The lowest BCUT2D eigenvalue weighted by Gasteiger charge is -2.10. The molecule has 2 N–H and O–H groups in total. The summed E-state index contributed by atoms with van der Waals surface area (Å²) in [5, 5.41) is 2.51. The molecule has 1 aromatic heterocycles. The fourth-order valence-corrected chi connectivity index (χ4v) is 1.48. The molecule has 1 atom stereocenters. The van der Waals surface area contributed by atoms with E-state index in [-0.39, 0.29) is 5.91 Å². The third-order valence-corrected chi connectivity index (χ3v) is 2.42. The lowest BCUT2D eigenvalue weighted by Crippen LogP contribution is -2.39. The summed E-state index contributed by atoms with van der Waals surface area (Å²) < 4.78 is 5.42. The van der Waals surface area contributed by atoms with E-state index in [4.69, 9.17) is 0 Å². The van der Waals surface area contributed by atoms with Crippen molar-refractivity contribution < 1.29 is 14.3 Å². The monoisotopic (exact) mass is 322 g/mol. The fourth-order valence-electron chi connectivity index (χ4n) is 1.01. The molecular weight excluding hydrogens is 311 g/mol. The molecule has 0 saturated carbocycles. The second-order valence-corrected chi connectivity index (χ2v) is 4.20. The van der Waals surface area contributed by atoms with Crippen molar-refractivity contribution in [1.29, 1.82) is 0 Å². The number of aromatic amines is 1. The summed E-state index contributed by atoms with van der Waals surface area (Å²) in [5.74, 6) is -0.791. The molecular formula is C9H11IN2O3. The number of halogens is 1. The summed E-state index contributed by atoms with van der Waals surface area (Å²) in [4.78, 5) is 25.4. The second kappa shape index (κ2) is 5.15. The minimum atomic E-state index is -0.650. The molecule has 5 nitrogen and oxygen atoms in total. The highest BCUT2D eigenvalue weighted by Gasteiger charge is 2.17. The van der Waals surface area contributed by atoms with Crippen molar-refractivity contribution in [2.24, 2.45) is 0 Å². The molecule has 0 aliphatic carbocycles. The number of esters is 1. The van der Waals surface area contributed by atoms with Crippen molar-refractivity contribution >= 4 is 34.5 Å². The SMILES string of the molecule is COC(=O)C(C)NC(=O)c1cc(I)c[nH]1. The van der Waals surface area contributed by atoms with Crippen molar-refractivity contribution in [2.75, 3.05) is 7.11 Å². The maximum absolute atomic E-state index is 11.5. The molecule has 0 aliphatic rings. The lowest BCUT2D eigenvalue weighted by atomic mass is 10.3. The van der Waals surface area contributed by atoms with E-state index in [2.05, 4.69) is 37.6 Å². The predicted molar refractivity (Wildman–Crippen MR) is 62.5 cm³/mol. The Bertz CT molecular complexity index is 375. The number of aromatic nitrogens is 1. The number of hydrogen-bond donors (Lipinski definition) is 2. The van der Waals surface area contributed by atoms with Gasteiger partial charge in [0.15, 0.2) is 0 Å². The first kappa shape index (κ1) is 12.0. The molecule has 1 rings (SSSR count). The van der Waals surface area contributed by atoms with Gasteiger partial charge in [0, 0.05) is 9.77 Å². The first-order valence-corrected chi connectivity index (χ1v) is 5.35. The summed E-state index contributed by atoms with van der Waals surface area (Å²) >= 11 is 2.09. The number of hydrogen-bond acceptors (Lipinski definition) is 3. The number of amides is 1. The van der Waals surface area contributed by atoms with E-state index in [0.717, 1.165) is 3.57 Å². The van der Waals surface area contributed by atoms with Crippen LogP contribution in [0.3, 0.4) is 0 Å². The Morgan fingerprint density at radius 3 is 2.73 bits per heavy atom. The first-order chi connectivity index (χ1) is 7.04. The van der Waals surface area contributed by atoms with E-state index >= 15 is 0 Å². The number of carbonyl (C=O) groups is 2. The Morgan fingerprint density at radius 2 is 2.27 bits per heavy atom.